The van der Waals surface area contributed by atoms with E-state index < -0.39 is 0 Å². The lowest BCUT2D eigenvalue weighted by atomic mass is 10.3. The quantitative estimate of drug-likeness (QED) is 0.699. The maximum absolute atomic E-state index is 12.3. The SMILES string of the molecule is O=C(NCc1ccccn1)c1cnc(N2CCN(C(=O)c3ccco3)CC2)nc1. The lowest BCUT2D eigenvalue weighted by Crippen LogP contribution is -2.49. The number of furan rings is 1. The predicted molar refractivity (Wildman–Crippen MR) is 104 cm³/mol. The molecule has 0 aliphatic carbocycles. The summed E-state index contributed by atoms with van der Waals surface area (Å²) in [5.41, 5.74) is 1.16. The summed E-state index contributed by atoms with van der Waals surface area (Å²) in [5.74, 6) is 0.513. The number of amides is 2. The van der Waals surface area contributed by atoms with E-state index in [1.165, 1.54) is 18.7 Å². The zero-order chi connectivity index (χ0) is 20.1. The number of hydrogen-bond acceptors (Lipinski definition) is 7. The molecular formula is C20H20N6O3. The van der Waals surface area contributed by atoms with Crippen LogP contribution >= 0.6 is 0 Å². The number of anilines is 1. The number of nitrogens with zero attached hydrogens (tertiary/aromatic N) is 5. The van der Waals surface area contributed by atoms with Crippen LogP contribution in [0.2, 0.25) is 0 Å². The summed E-state index contributed by atoms with van der Waals surface area (Å²) in [7, 11) is 0. The Kier molecular flexibility index (Phi) is 5.46. The second kappa shape index (κ2) is 8.51. The van der Waals surface area contributed by atoms with Crippen LogP contribution in [-0.2, 0) is 6.54 Å². The summed E-state index contributed by atoms with van der Waals surface area (Å²) in [6.07, 6.45) is 6.19. The minimum atomic E-state index is -0.254. The molecule has 0 bridgehead atoms. The fourth-order valence-electron chi connectivity index (χ4n) is 3.04. The van der Waals surface area contributed by atoms with Crippen molar-refractivity contribution in [3.05, 3.63) is 72.2 Å². The van der Waals surface area contributed by atoms with Gasteiger partial charge in [0.1, 0.15) is 0 Å². The van der Waals surface area contributed by atoms with Crippen molar-refractivity contribution < 1.29 is 14.0 Å². The molecule has 1 aliphatic rings. The highest BCUT2D eigenvalue weighted by molar-refractivity contribution is 5.93. The smallest absolute Gasteiger partial charge is 0.289 e. The topological polar surface area (TPSA) is 104 Å². The van der Waals surface area contributed by atoms with Crippen molar-refractivity contribution in [1.29, 1.82) is 0 Å². The van der Waals surface area contributed by atoms with Gasteiger partial charge in [0, 0.05) is 44.8 Å². The van der Waals surface area contributed by atoms with E-state index in [1.807, 2.05) is 23.1 Å². The summed E-state index contributed by atoms with van der Waals surface area (Å²) in [6, 6.07) is 8.90. The van der Waals surface area contributed by atoms with Crippen LogP contribution < -0.4 is 10.2 Å². The van der Waals surface area contributed by atoms with Gasteiger partial charge in [-0.3, -0.25) is 14.6 Å². The first kappa shape index (κ1) is 18.6. The molecule has 0 atom stereocenters. The average Bonchev–Trinajstić information content (AvgIpc) is 3.33. The number of pyridine rings is 1. The fraction of sp³-hybridized carbons (Fsp3) is 0.250. The molecule has 0 radical (unpaired) electrons. The van der Waals surface area contributed by atoms with Crippen LogP contribution in [0.15, 0.2) is 59.6 Å². The Hall–Kier alpha value is -3.75. The molecule has 0 saturated carbocycles. The molecule has 9 nitrogen and oxygen atoms in total. The summed E-state index contributed by atoms with van der Waals surface area (Å²) < 4.78 is 5.17. The van der Waals surface area contributed by atoms with Crippen molar-refractivity contribution in [2.45, 2.75) is 6.54 Å². The Labute approximate surface area is 167 Å². The first-order chi connectivity index (χ1) is 14.2. The van der Waals surface area contributed by atoms with Gasteiger partial charge in [0.15, 0.2) is 5.76 Å². The van der Waals surface area contributed by atoms with Crippen molar-refractivity contribution in [3.8, 4) is 0 Å². The Bertz CT molecular complexity index is 952. The molecule has 1 fully saturated rings. The molecule has 1 N–H and O–H groups in total. The van der Waals surface area contributed by atoms with Crippen LogP contribution in [0.25, 0.3) is 0 Å². The summed E-state index contributed by atoms with van der Waals surface area (Å²) in [5, 5.41) is 2.80. The fourth-order valence-corrected chi connectivity index (χ4v) is 3.04. The Balaban J connectivity index is 1.30. The second-order valence-corrected chi connectivity index (χ2v) is 6.53. The molecule has 29 heavy (non-hydrogen) atoms. The first-order valence-electron chi connectivity index (χ1n) is 9.28. The van der Waals surface area contributed by atoms with Crippen LogP contribution in [-0.4, -0.2) is 57.8 Å². The minimum Gasteiger partial charge on any atom is -0.459 e. The maximum atomic E-state index is 12.3. The molecule has 2 amide bonds. The van der Waals surface area contributed by atoms with Gasteiger partial charge >= 0.3 is 0 Å². The van der Waals surface area contributed by atoms with Crippen LogP contribution in [0.3, 0.4) is 0 Å². The average molecular weight is 392 g/mol. The Morgan fingerprint density at radius 3 is 2.45 bits per heavy atom. The van der Waals surface area contributed by atoms with Crippen molar-refractivity contribution >= 4 is 17.8 Å². The van der Waals surface area contributed by atoms with E-state index in [4.69, 9.17) is 4.42 Å². The molecule has 1 aliphatic heterocycles. The Morgan fingerprint density at radius 1 is 1.00 bits per heavy atom. The molecular weight excluding hydrogens is 372 g/mol. The molecule has 0 unspecified atom stereocenters. The van der Waals surface area contributed by atoms with Crippen LogP contribution in [0, 0.1) is 0 Å². The molecule has 0 spiro atoms. The van der Waals surface area contributed by atoms with Gasteiger partial charge in [-0.05, 0) is 24.3 Å². The standard InChI is InChI=1S/C20H20N6O3/c27-18(22-14-16-4-1-2-6-21-16)15-12-23-20(24-13-15)26-9-7-25(8-10-26)19(28)17-5-3-11-29-17/h1-6,11-13H,7-10,14H2,(H,22,27). The van der Waals surface area contributed by atoms with Crippen molar-refractivity contribution in [2.24, 2.45) is 0 Å². The number of carbonyl (C=O) groups excluding carboxylic acids is 2. The molecule has 4 rings (SSSR count). The zero-order valence-corrected chi connectivity index (χ0v) is 15.7. The molecule has 0 aromatic carbocycles. The van der Waals surface area contributed by atoms with E-state index in [1.54, 1.807) is 23.2 Å². The first-order valence-corrected chi connectivity index (χ1v) is 9.28. The van der Waals surface area contributed by atoms with Gasteiger partial charge < -0.3 is 19.5 Å². The normalized spacial score (nSPS) is 13.9. The Morgan fingerprint density at radius 2 is 1.79 bits per heavy atom. The second-order valence-electron chi connectivity index (χ2n) is 6.53. The summed E-state index contributed by atoms with van der Waals surface area (Å²) >= 11 is 0. The third kappa shape index (κ3) is 4.40. The molecule has 1 saturated heterocycles. The molecule has 148 valence electrons. The largest absolute Gasteiger partial charge is 0.459 e. The highest BCUT2D eigenvalue weighted by Crippen LogP contribution is 2.13. The number of aromatic nitrogens is 3. The molecule has 9 heteroatoms. The van der Waals surface area contributed by atoms with Crippen molar-refractivity contribution in [2.75, 3.05) is 31.1 Å². The minimum absolute atomic E-state index is 0.115. The highest BCUT2D eigenvalue weighted by atomic mass is 16.3. The number of rotatable bonds is 5. The maximum Gasteiger partial charge on any atom is 0.289 e. The number of piperazine rings is 1. The lowest BCUT2D eigenvalue weighted by molar-refractivity contribution is 0.0714. The number of nitrogens with one attached hydrogen (secondary N) is 1. The van der Waals surface area contributed by atoms with Gasteiger partial charge in [-0.2, -0.15) is 0 Å². The zero-order valence-electron chi connectivity index (χ0n) is 15.7. The number of hydrogen-bond donors (Lipinski definition) is 1. The molecule has 4 heterocycles. The molecule has 3 aromatic heterocycles. The molecule has 3 aromatic rings. The van der Waals surface area contributed by atoms with Crippen molar-refractivity contribution in [1.82, 2.24) is 25.2 Å². The van der Waals surface area contributed by atoms with Gasteiger partial charge in [-0.15, -0.1) is 0 Å². The van der Waals surface area contributed by atoms with Gasteiger partial charge in [-0.1, -0.05) is 6.07 Å². The van der Waals surface area contributed by atoms with E-state index in [-0.39, 0.29) is 11.8 Å². The summed E-state index contributed by atoms with van der Waals surface area (Å²) in [6.45, 7) is 2.66. The van der Waals surface area contributed by atoms with Gasteiger partial charge in [-0.25, -0.2) is 9.97 Å². The lowest BCUT2D eigenvalue weighted by Gasteiger charge is -2.34. The van der Waals surface area contributed by atoms with Gasteiger partial charge in [0.05, 0.1) is 24.1 Å². The highest BCUT2D eigenvalue weighted by Gasteiger charge is 2.24. The van der Waals surface area contributed by atoms with Crippen LogP contribution in [0.4, 0.5) is 5.95 Å². The predicted octanol–water partition coefficient (Wildman–Crippen LogP) is 1.36. The number of carbonyl (C=O) groups is 2. The monoisotopic (exact) mass is 392 g/mol. The van der Waals surface area contributed by atoms with Crippen molar-refractivity contribution in [3.63, 3.8) is 0 Å². The third-order valence-corrected chi connectivity index (χ3v) is 4.64. The van der Waals surface area contributed by atoms with Gasteiger partial charge in [0.2, 0.25) is 5.95 Å². The third-order valence-electron chi connectivity index (χ3n) is 4.64. The van der Waals surface area contributed by atoms with E-state index in [0.717, 1.165) is 5.69 Å². The summed E-state index contributed by atoms with van der Waals surface area (Å²) in [4.78, 5) is 41.1. The van der Waals surface area contributed by atoms with Crippen LogP contribution in [0.1, 0.15) is 26.6 Å². The van der Waals surface area contributed by atoms with E-state index >= 15 is 0 Å². The van der Waals surface area contributed by atoms with Crippen LogP contribution in [0.5, 0.6) is 0 Å². The van der Waals surface area contributed by atoms with E-state index in [2.05, 4.69) is 20.3 Å². The van der Waals surface area contributed by atoms with E-state index in [9.17, 15) is 9.59 Å². The van der Waals surface area contributed by atoms with Gasteiger partial charge in [0.25, 0.3) is 11.8 Å². The van der Waals surface area contributed by atoms with E-state index in [0.29, 0.717) is 50.0 Å².